The van der Waals surface area contributed by atoms with Gasteiger partial charge >= 0.3 is 0 Å². The van der Waals surface area contributed by atoms with Gasteiger partial charge in [0.25, 0.3) is 0 Å². The molecule has 2 rings (SSSR count). The highest BCUT2D eigenvalue weighted by Crippen LogP contribution is 2.25. The van der Waals surface area contributed by atoms with Crippen molar-refractivity contribution in [3.05, 3.63) is 23.9 Å². The Hall–Kier alpha value is -0.720. The molecule has 90 valence electrons. The summed E-state index contributed by atoms with van der Waals surface area (Å²) >= 11 is 0. The first kappa shape index (κ1) is 11.8. The van der Waals surface area contributed by atoms with E-state index in [0.29, 0.717) is 12.0 Å². The lowest BCUT2D eigenvalue weighted by Crippen LogP contribution is -2.32. The zero-order valence-corrected chi connectivity index (χ0v) is 10.8. The summed E-state index contributed by atoms with van der Waals surface area (Å²) in [6.45, 7) is 5.84. The molecule has 2 aliphatic rings. The van der Waals surface area contributed by atoms with Crippen LogP contribution in [0, 0.1) is 5.92 Å². The van der Waals surface area contributed by atoms with Crippen molar-refractivity contribution in [2.45, 2.75) is 58.4 Å². The quantitative estimate of drug-likeness (QED) is 0.641. The van der Waals surface area contributed by atoms with Gasteiger partial charge in [-0.2, -0.15) is 0 Å². The first-order valence-corrected chi connectivity index (χ1v) is 6.93. The number of rotatable bonds is 1. The Kier molecular flexibility index (Phi) is 4.09. The highest BCUT2D eigenvalue weighted by atomic mass is 15.1. The van der Waals surface area contributed by atoms with E-state index in [4.69, 9.17) is 0 Å². The van der Waals surface area contributed by atoms with Crippen molar-refractivity contribution < 1.29 is 0 Å². The molecule has 0 aliphatic carbocycles. The molecule has 0 radical (unpaired) electrons. The molecule has 0 bridgehead atoms. The summed E-state index contributed by atoms with van der Waals surface area (Å²) in [7, 11) is 0. The molecule has 0 aromatic carbocycles. The van der Waals surface area contributed by atoms with Crippen molar-refractivity contribution in [3.63, 3.8) is 0 Å². The summed E-state index contributed by atoms with van der Waals surface area (Å²) in [5.41, 5.74) is 1.53. The lowest BCUT2D eigenvalue weighted by atomic mass is 9.95. The Morgan fingerprint density at radius 2 is 1.88 bits per heavy atom. The van der Waals surface area contributed by atoms with E-state index in [1.165, 1.54) is 50.6 Å². The monoisotopic (exact) mass is 219 g/mol. The molecule has 1 nitrogen and oxygen atoms in total. The predicted molar refractivity (Wildman–Crippen MR) is 70.3 cm³/mol. The van der Waals surface area contributed by atoms with E-state index < -0.39 is 0 Å². The summed E-state index contributed by atoms with van der Waals surface area (Å²) in [5.74, 6) is 0.672. The minimum Gasteiger partial charge on any atom is -0.371 e. The summed E-state index contributed by atoms with van der Waals surface area (Å²) in [6, 6.07) is 0.681. The third-order valence-electron chi connectivity index (χ3n) is 3.85. The molecule has 0 N–H and O–H groups in total. The standard InChI is InChI=1S/C15H25N/c1-13(2)14-9-11-16-10-7-5-3-4-6-8-15(16)12-14/h9,11-13,15H,3-8,10H2,1-2H3. The van der Waals surface area contributed by atoms with Crippen LogP contribution in [0.4, 0.5) is 0 Å². The molecule has 0 saturated carbocycles. The molecule has 16 heavy (non-hydrogen) atoms. The molecule has 1 unspecified atom stereocenters. The smallest absolute Gasteiger partial charge is 0.0473 e. The first-order chi connectivity index (χ1) is 7.77. The Morgan fingerprint density at radius 1 is 1.12 bits per heavy atom. The normalized spacial score (nSPS) is 26.8. The van der Waals surface area contributed by atoms with Crippen LogP contribution in [-0.4, -0.2) is 17.5 Å². The lowest BCUT2D eigenvalue weighted by Gasteiger charge is -2.32. The van der Waals surface area contributed by atoms with E-state index in [9.17, 15) is 0 Å². The second kappa shape index (κ2) is 5.56. The van der Waals surface area contributed by atoms with Gasteiger partial charge < -0.3 is 4.90 Å². The Balaban J connectivity index is 2.06. The van der Waals surface area contributed by atoms with Crippen LogP contribution in [0.5, 0.6) is 0 Å². The lowest BCUT2D eigenvalue weighted by molar-refractivity contribution is 0.297. The second-order valence-electron chi connectivity index (χ2n) is 5.50. The Morgan fingerprint density at radius 3 is 2.69 bits per heavy atom. The summed E-state index contributed by atoms with van der Waals surface area (Å²) in [4.78, 5) is 2.55. The number of nitrogens with zero attached hydrogens (tertiary/aromatic N) is 1. The van der Waals surface area contributed by atoms with Gasteiger partial charge in [0.15, 0.2) is 0 Å². The van der Waals surface area contributed by atoms with Crippen LogP contribution < -0.4 is 0 Å². The third-order valence-corrected chi connectivity index (χ3v) is 3.85. The maximum atomic E-state index is 2.55. The maximum absolute atomic E-state index is 2.55. The summed E-state index contributed by atoms with van der Waals surface area (Å²) in [5, 5.41) is 0. The van der Waals surface area contributed by atoms with Crippen molar-refractivity contribution >= 4 is 0 Å². The molecule has 2 aliphatic heterocycles. The highest BCUT2D eigenvalue weighted by Gasteiger charge is 2.18. The zero-order valence-electron chi connectivity index (χ0n) is 10.8. The SMILES string of the molecule is CC(C)C1=CC2CCCCCCCN2C=C1. The topological polar surface area (TPSA) is 3.24 Å². The maximum Gasteiger partial charge on any atom is 0.0473 e. The molecule has 0 aromatic heterocycles. The highest BCUT2D eigenvalue weighted by molar-refractivity contribution is 5.26. The molecular formula is C15H25N. The average Bonchev–Trinajstić information content (AvgIpc) is 2.39. The van der Waals surface area contributed by atoms with Gasteiger partial charge in [-0.25, -0.2) is 0 Å². The number of fused-ring (bicyclic) bond motifs is 1. The summed E-state index contributed by atoms with van der Waals surface area (Å²) in [6.07, 6.45) is 15.6. The van der Waals surface area contributed by atoms with E-state index in [2.05, 4.69) is 37.1 Å². The second-order valence-corrected chi connectivity index (χ2v) is 5.50. The van der Waals surface area contributed by atoms with Gasteiger partial charge in [-0.15, -0.1) is 0 Å². The minimum atomic E-state index is 0.672. The van der Waals surface area contributed by atoms with E-state index in [-0.39, 0.29) is 0 Å². The summed E-state index contributed by atoms with van der Waals surface area (Å²) < 4.78 is 0. The minimum absolute atomic E-state index is 0.672. The molecule has 2 heterocycles. The van der Waals surface area contributed by atoms with E-state index in [1.54, 1.807) is 0 Å². The largest absolute Gasteiger partial charge is 0.371 e. The van der Waals surface area contributed by atoms with Crippen molar-refractivity contribution in [1.82, 2.24) is 4.90 Å². The van der Waals surface area contributed by atoms with Gasteiger partial charge in [-0.1, -0.05) is 45.6 Å². The fraction of sp³-hybridized carbons (Fsp3) is 0.733. The van der Waals surface area contributed by atoms with E-state index in [0.717, 1.165) is 0 Å². The van der Waals surface area contributed by atoms with Crippen molar-refractivity contribution in [3.8, 4) is 0 Å². The zero-order chi connectivity index (χ0) is 11.4. The molecule has 1 heteroatoms. The van der Waals surface area contributed by atoms with Gasteiger partial charge in [-0.3, -0.25) is 0 Å². The molecule has 1 fully saturated rings. The van der Waals surface area contributed by atoms with Crippen LogP contribution in [0.25, 0.3) is 0 Å². The number of allylic oxidation sites excluding steroid dienone is 2. The molecular weight excluding hydrogens is 194 g/mol. The third kappa shape index (κ3) is 2.90. The van der Waals surface area contributed by atoms with Gasteiger partial charge in [0.1, 0.15) is 0 Å². The number of hydrogen-bond donors (Lipinski definition) is 0. The van der Waals surface area contributed by atoms with E-state index >= 15 is 0 Å². The molecule has 0 amide bonds. The van der Waals surface area contributed by atoms with Crippen molar-refractivity contribution in [2.75, 3.05) is 6.54 Å². The van der Waals surface area contributed by atoms with Crippen molar-refractivity contribution in [1.29, 1.82) is 0 Å². The van der Waals surface area contributed by atoms with Crippen molar-refractivity contribution in [2.24, 2.45) is 5.92 Å². The molecule has 1 atom stereocenters. The number of hydrogen-bond acceptors (Lipinski definition) is 1. The Bertz CT molecular complexity index is 275. The van der Waals surface area contributed by atoms with Crippen LogP contribution in [0.15, 0.2) is 23.9 Å². The van der Waals surface area contributed by atoms with Crippen LogP contribution in [-0.2, 0) is 0 Å². The van der Waals surface area contributed by atoms with Crippen LogP contribution in [0.1, 0.15) is 52.4 Å². The predicted octanol–water partition coefficient (Wildman–Crippen LogP) is 4.12. The fourth-order valence-corrected chi connectivity index (χ4v) is 2.72. The van der Waals surface area contributed by atoms with Gasteiger partial charge in [-0.05, 0) is 36.6 Å². The van der Waals surface area contributed by atoms with Crippen LogP contribution >= 0.6 is 0 Å². The Labute approximate surface area is 100 Å². The van der Waals surface area contributed by atoms with Gasteiger partial charge in [0, 0.05) is 12.6 Å². The van der Waals surface area contributed by atoms with Crippen LogP contribution in [0.2, 0.25) is 0 Å². The van der Waals surface area contributed by atoms with Gasteiger partial charge in [0.2, 0.25) is 0 Å². The van der Waals surface area contributed by atoms with Crippen LogP contribution in [0.3, 0.4) is 0 Å². The van der Waals surface area contributed by atoms with Gasteiger partial charge in [0.05, 0.1) is 0 Å². The molecule has 1 saturated heterocycles. The van der Waals surface area contributed by atoms with E-state index in [1.807, 2.05) is 0 Å². The first-order valence-electron chi connectivity index (χ1n) is 6.93. The fourth-order valence-electron chi connectivity index (χ4n) is 2.72. The average molecular weight is 219 g/mol. The molecule has 0 spiro atoms. The molecule has 0 aromatic rings.